The highest BCUT2D eigenvalue weighted by atomic mass is 16.6. The second-order valence-corrected chi connectivity index (χ2v) is 7.70. The maximum atomic E-state index is 12.5. The van der Waals surface area contributed by atoms with Gasteiger partial charge in [0.05, 0.1) is 6.42 Å². The molecule has 0 saturated carbocycles. The van der Waals surface area contributed by atoms with Gasteiger partial charge in [-0.15, -0.1) is 0 Å². The quantitative estimate of drug-likeness (QED) is 0.748. The third-order valence-corrected chi connectivity index (χ3v) is 5.19. The van der Waals surface area contributed by atoms with Crippen molar-refractivity contribution in [2.75, 3.05) is 13.1 Å². The Morgan fingerprint density at radius 2 is 1.74 bits per heavy atom. The summed E-state index contributed by atoms with van der Waals surface area (Å²) >= 11 is 0. The van der Waals surface area contributed by atoms with E-state index in [2.05, 4.69) is 5.32 Å². The first-order valence-corrected chi connectivity index (χ1v) is 9.71. The van der Waals surface area contributed by atoms with Gasteiger partial charge in [-0.2, -0.15) is 0 Å². The van der Waals surface area contributed by atoms with Crippen LogP contribution in [-0.4, -0.2) is 24.7 Å². The van der Waals surface area contributed by atoms with Crippen molar-refractivity contribution in [3.63, 3.8) is 0 Å². The van der Waals surface area contributed by atoms with E-state index >= 15 is 0 Å². The number of benzene rings is 2. The van der Waals surface area contributed by atoms with Crippen molar-refractivity contribution in [1.82, 2.24) is 5.32 Å². The Hall–Kier alpha value is -2.33. The Bertz CT molecular complexity index is 736. The zero-order valence-corrected chi connectivity index (χ0v) is 16.2. The second-order valence-electron chi connectivity index (χ2n) is 7.70. The summed E-state index contributed by atoms with van der Waals surface area (Å²) in [7, 11) is 0. The summed E-state index contributed by atoms with van der Waals surface area (Å²) in [6, 6.07) is 17.7. The predicted octanol–water partition coefficient (Wildman–Crippen LogP) is 4.13. The molecule has 2 aromatic carbocycles. The van der Waals surface area contributed by atoms with Crippen LogP contribution in [0.4, 0.5) is 0 Å². The fourth-order valence-electron chi connectivity index (χ4n) is 3.58. The molecule has 0 bridgehead atoms. The van der Waals surface area contributed by atoms with Crippen molar-refractivity contribution in [3.8, 4) is 5.75 Å². The Labute approximate surface area is 161 Å². The molecule has 4 nitrogen and oxygen atoms in total. The summed E-state index contributed by atoms with van der Waals surface area (Å²) in [4.78, 5) is 12.5. The molecular formula is C23H29NO3. The molecule has 0 radical (unpaired) electrons. The van der Waals surface area contributed by atoms with Crippen molar-refractivity contribution < 1.29 is 14.3 Å². The minimum absolute atomic E-state index is 0.182. The van der Waals surface area contributed by atoms with Gasteiger partial charge in [0, 0.05) is 5.92 Å². The van der Waals surface area contributed by atoms with Gasteiger partial charge < -0.3 is 14.8 Å². The predicted molar refractivity (Wildman–Crippen MR) is 107 cm³/mol. The van der Waals surface area contributed by atoms with Crippen LogP contribution in [0.2, 0.25) is 0 Å². The van der Waals surface area contributed by atoms with E-state index in [4.69, 9.17) is 9.47 Å². The van der Waals surface area contributed by atoms with Gasteiger partial charge in [-0.25, -0.2) is 0 Å². The van der Waals surface area contributed by atoms with Crippen molar-refractivity contribution in [1.29, 1.82) is 0 Å². The van der Waals surface area contributed by atoms with Gasteiger partial charge >= 0.3 is 5.97 Å². The van der Waals surface area contributed by atoms with E-state index in [9.17, 15) is 4.79 Å². The number of hydrogen-bond acceptors (Lipinski definition) is 4. The molecule has 0 unspecified atom stereocenters. The maximum Gasteiger partial charge on any atom is 0.310 e. The number of carbonyl (C=O) groups excluding carboxylic acids is 1. The van der Waals surface area contributed by atoms with Crippen molar-refractivity contribution >= 4 is 5.97 Å². The first-order chi connectivity index (χ1) is 13.0. The molecule has 1 aliphatic heterocycles. The van der Waals surface area contributed by atoms with Crippen molar-refractivity contribution in [2.45, 2.75) is 45.3 Å². The van der Waals surface area contributed by atoms with Crippen molar-refractivity contribution in [3.05, 3.63) is 65.7 Å². The lowest BCUT2D eigenvalue weighted by molar-refractivity contribution is -0.161. The maximum absolute atomic E-state index is 12.5. The molecule has 1 heterocycles. The summed E-state index contributed by atoms with van der Waals surface area (Å²) < 4.78 is 11.7. The summed E-state index contributed by atoms with van der Waals surface area (Å²) in [6.07, 6.45) is 2.35. The van der Waals surface area contributed by atoms with E-state index in [1.165, 1.54) is 0 Å². The fraction of sp³-hybridized carbons (Fsp3) is 0.435. The van der Waals surface area contributed by atoms with E-state index in [1.807, 2.05) is 68.4 Å². The molecule has 3 rings (SSSR count). The minimum atomic E-state index is -0.430. The lowest BCUT2D eigenvalue weighted by Crippen LogP contribution is -2.43. The SMILES string of the molecule is CC(C)(OC(=O)Cc1cccc(OCc2ccccc2)c1)C1CCNCC1. The van der Waals surface area contributed by atoms with Crippen LogP contribution in [0.3, 0.4) is 0 Å². The molecule has 1 saturated heterocycles. The zero-order chi connectivity index (χ0) is 19.1. The smallest absolute Gasteiger partial charge is 0.310 e. The molecule has 2 aromatic rings. The Kier molecular flexibility index (Phi) is 6.51. The molecule has 0 amide bonds. The highest BCUT2D eigenvalue weighted by Crippen LogP contribution is 2.29. The average Bonchev–Trinajstić information content (AvgIpc) is 2.68. The third-order valence-electron chi connectivity index (χ3n) is 5.19. The van der Waals surface area contributed by atoms with E-state index in [-0.39, 0.29) is 12.4 Å². The van der Waals surface area contributed by atoms with Crippen LogP contribution in [0.5, 0.6) is 5.75 Å². The van der Waals surface area contributed by atoms with E-state index in [0.717, 1.165) is 42.8 Å². The largest absolute Gasteiger partial charge is 0.489 e. The van der Waals surface area contributed by atoms with Gasteiger partial charge in [-0.05, 0) is 63.0 Å². The van der Waals surface area contributed by atoms with Gasteiger partial charge in [-0.3, -0.25) is 4.79 Å². The number of carbonyl (C=O) groups is 1. The van der Waals surface area contributed by atoms with Crippen LogP contribution < -0.4 is 10.1 Å². The highest BCUT2D eigenvalue weighted by molar-refractivity contribution is 5.73. The van der Waals surface area contributed by atoms with E-state index in [1.54, 1.807) is 0 Å². The Morgan fingerprint density at radius 1 is 1.04 bits per heavy atom. The molecule has 1 fully saturated rings. The lowest BCUT2D eigenvalue weighted by Gasteiger charge is -2.36. The molecule has 0 aromatic heterocycles. The molecule has 1 aliphatic rings. The molecule has 4 heteroatoms. The first kappa shape index (κ1) is 19.4. The van der Waals surface area contributed by atoms with Gasteiger partial charge in [0.25, 0.3) is 0 Å². The van der Waals surface area contributed by atoms with Gasteiger partial charge in [0.1, 0.15) is 18.0 Å². The van der Waals surface area contributed by atoms with Gasteiger partial charge in [0.2, 0.25) is 0 Å². The van der Waals surface area contributed by atoms with Crippen LogP contribution in [0, 0.1) is 5.92 Å². The van der Waals surface area contributed by atoms with Crippen LogP contribution in [-0.2, 0) is 22.6 Å². The molecule has 0 spiro atoms. The number of hydrogen-bond donors (Lipinski definition) is 1. The van der Waals surface area contributed by atoms with Gasteiger partial charge in [0.15, 0.2) is 0 Å². The number of piperidine rings is 1. The normalized spacial score (nSPS) is 15.3. The number of ether oxygens (including phenoxy) is 2. The third kappa shape index (κ3) is 5.83. The minimum Gasteiger partial charge on any atom is -0.489 e. The number of esters is 1. The van der Waals surface area contributed by atoms with Gasteiger partial charge in [-0.1, -0.05) is 42.5 Å². The topological polar surface area (TPSA) is 47.6 Å². The molecular weight excluding hydrogens is 338 g/mol. The summed E-state index contributed by atoms with van der Waals surface area (Å²) in [5.41, 5.74) is 1.60. The first-order valence-electron chi connectivity index (χ1n) is 9.71. The molecule has 0 aliphatic carbocycles. The highest BCUT2D eigenvalue weighted by Gasteiger charge is 2.34. The average molecular weight is 367 g/mol. The second kappa shape index (κ2) is 9.05. The molecule has 1 N–H and O–H groups in total. The van der Waals surface area contributed by atoms with E-state index < -0.39 is 5.60 Å². The lowest BCUT2D eigenvalue weighted by atomic mass is 9.83. The van der Waals surface area contributed by atoms with E-state index in [0.29, 0.717) is 12.5 Å². The van der Waals surface area contributed by atoms with Crippen LogP contribution in [0.25, 0.3) is 0 Å². The van der Waals surface area contributed by atoms with Crippen LogP contribution in [0.1, 0.15) is 37.8 Å². The Morgan fingerprint density at radius 3 is 2.48 bits per heavy atom. The number of rotatable bonds is 7. The standard InChI is InChI=1S/C23H29NO3/c1-23(2,20-11-13-24-14-12-20)27-22(25)16-19-9-6-10-21(15-19)26-17-18-7-4-3-5-8-18/h3-10,15,20,24H,11-14,16-17H2,1-2H3. The fourth-order valence-corrected chi connectivity index (χ4v) is 3.58. The van der Waals surface area contributed by atoms with Crippen LogP contribution in [0.15, 0.2) is 54.6 Å². The Balaban J connectivity index is 1.54. The van der Waals surface area contributed by atoms with Crippen LogP contribution >= 0.6 is 0 Å². The van der Waals surface area contributed by atoms with Crippen molar-refractivity contribution in [2.24, 2.45) is 5.92 Å². The monoisotopic (exact) mass is 367 g/mol. The summed E-state index contributed by atoms with van der Waals surface area (Å²) in [6.45, 7) is 6.55. The molecule has 144 valence electrons. The summed E-state index contributed by atoms with van der Waals surface area (Å²) in [5, 5.41) is 3.36. The molecule has 27 heavy (non-hydrogen) atoms. The zero-order valence-electron chi connectivity index (χ0n) is 16.2. The molecule has 0 atom stereocenters. The number of nitrogens with one attached hydrogen (secondary N) is 1. The summed E-state index contributed by atoms with van der Waals surface area (Å²) in [5.74, 6) is 0.990.